The van der Waals surface area contributed by atoms with Crippen molar-refractivity contribution in [1.82, 2.24) is 9.88 Å². The molecule has 1 saturated heterocycles. The van der Waals surface area contributed by atoms with Crippen LogP contribution in [0.15, 0.2) is 18.5 Å². The predicted octanol–water partition coefficient (Wildman–Crippen LogP) is 3.46. The van der Waals surface area contributed by atoms with E-state index in [9.17, 15) is 4.79 Å². The molecule has 1 atom stereocenters. The van der Waals surface area contributed by atoms with Crippen molar-refractivity contribution in [3.05, 3.63) is 29.6 Å². The predicted molar refractivity (Wildman–Crippen MR) is 73.9 cm³/mol. The monoisotopic (exact) mass is 262 g/mol. The number of carbonyl (C=O) groups is 1. The zero-order valence-electron chi connectivity index (χ0n) is 12.1. The second-order valence-corrected chi connectivity index (χ2v) is 6.06. The van der Waals surface area contributed by atoms with Gasteiger partial charge in [0.15, 0.2) is 0 Å². The van der Waals surface area contributed by atoms with Gasteiger partial charge in [0, 0.05) is 18.9 Å². The Morgan fingerprint density at radius 2 is 2.21 bits per heavy atom. The van der Waals surface area contributed by atoms with Gasteiger partial charge in [-0.3, -0.25) is 4.98 Å². The van der Waals surface area contributed by atoms with E-state index in [0.29, 0.717) is 0 Å². The second-order valence-electron chi connectivity index (χ2n) is 6.06. The topological polar surface area (TPSA) is 42.4 Å². The van der Waals surface area contributed by atoms with Crippen molar-refractivity contribution in [2.75, 3.05) is 6.54 Å². The van der Waals surface area contributed by atoms with Gasteiger partial charge in [-0.05, 0) is 57.7 Å². The molecular formula is C15H22N2O2. The molecule has 0 radical (unpaired) electrons. The first kappa shape index (κ1) is 13.8. The number of amides is 1. The molecule has 1 amide bonds. The van der Waals surface area contributed by atoms with E-state index < -0.39 is 5.60 Å². The maximum Gasteiger partial charge on any atom is 0.410 e. The smallest absolute Gasteiger partial charge is 0.410 e. The Kier molecular flexibility index (Phi) is 3.78. The molecule has 104 valence electrons. The zero-order valence-corrected chi connectivity index (χ0v) is 12.1. The standard InChI is InChI=1S/C15H22N2O2/c1-11-7-8-16-10-12(11)13-6-5-9-17(13)14(18)19-15(2,3)4/h7-8,10,13H,5-6,9H2,1-4H3. The highest BCUT2D eigenvalue weighted by molar-refractivity contribution is 5.69. The van der Waals surface area contributed by atoms with Crippen LogP contribution in [0, 0.1) is 6.92 Å². The Morgan fingerprint density at radius 3 is 2.84 bits per heavy atom. The van der Waals surface area contributed by atoms with E-state index in [1.54, 1.807) is 6.20 Å². The summed E-state index contributed by atoms with van der Waals surface area (Å²) in [7, 11) is 0. The molecule has 0 N–H and O–H groups in total. The maximum atomic E-state index is 12.2. The minimum absolute atomic E-state index is 0.101. The number of hydrogen-bond donors (Lipinski definition) is 0. The Morgan fingerprint density at radius 1 is 1.47 bits per heavy atom. The largest absolute Gasteiger partial charge is 0.444 e. The molecule has 0 aliphatic carbocycles. The minimum Gasteiger partial charge on any atom is -0.444 e. The summed E-state index contributed by atoms with van der Waals surface area (Å²) in [5.74, 6) is 0. The first-order chi connectivity index (χ1) is 8.88. The third kappa shape index (κ3) is 3.25. The minimum atomic E-state index is -0.450. The molecule has 0 spiro atoms. The summed E-state index contributed by atoms with van der Waals surface area (Å²) in [4.78, 5) is 18.2. The number of nitrogens with zero attached hydrogens (tertiary/aromatic N) is 2. The number of likely N-dealkylation sites (tertiary alicyclic amines) is 1. The van der Waals surface area contributed by atoms with E-state index in [0.717, 1.165) is 24.9 Å². The van der Waals surface area contributed by atoms with E-state index in [1.807, 2.05) is 37.9 Å². The number of rotatable bonds is 1. The lowest BCUT2D eigenvalue weighted by Crippen LogP contribution is -2.36. The quantitative estimate of drug-likeness (QED) is 0.778. The van der Waals surface area contributed by atoms with Gasteiger partial charge in [0.25, 0.3) is 0 Å². The molecule has 1 aliphatic rings. The van der Waals surface area contributed by atoms with Crippen molar-refractivity contribution in [2.24, 2.45) is 0 Å². The van der Waals surface area contributed by atoms with Crippen molar-refractivity contribution in [2.45, 2.75) is 52.2 Å². The first-order valence-electron chi connectivity index (χ1n) is 6.78. The van der Waals surface area contributed by atoms with Crippen LogP contribution in [-0.4, -0.2) is 28.1 Å². The van der Waals surface area contributed by atoms with E-state index in [1.165, 1.54) is 5.56 Å². The summed E-state index contributed by atoms with van der Waals surface area (Å²) >= 11 is 0. The fourth-order valence-electron chi connectivity index (χ4n) is 2.45. The number of ether oxygens (including phenoxy) is 1. The van der Waals surface area contributed by atoms with Crippen LogP contribution in [0.1, 0.15) is 50.8 Å². The van der Waals surface area contributed by atoms with Crippen LogP contribution in [-0.2, 0) is 4.74 Å². The third-order valence-corrected chi connectivity index (χ3v) is 3.32. The normalized spacial score (nSPS) is 19.6. The molecule has 1 aromatic rings. The average Bonchev–Trinajstić information content (AvgIpc) is 2.76. The van der Waals surface area contributed by atoms with Gasteiger partial charge in [-0.15, -0.1) is 0 Å². The van der Waals surface area contributed by atoms with E-state index in [-0.39, 0.29) is 12.1 Å². The van der Waals surface area contributed by atoms with Crippen LogP contribution < -0.4 is 0 Å². The van der Waals surface area contributed by atoms with Gasteiger partial charge in [0.2, 0.25) is 0 Å². The number of hydrogen-bond acceptors (Lipinski definition) is 3. The highest BCUT2D eigenvalue weighted by atomic mass is 16.6. The Balaban J connectivity index is 2.18. The van der Waals surface area contributed by atoms with Crippen LogP contribution >= 0.6 is 0 Å². The van der Waals surface area contributed by atoms with Gasteiger partial charge in [0.05, 0.1) is 6.04 Å². The number of pyridine rings is 1. The third-order valence-electron chi connectivity index (χ3n) is 3.32. The molecule has 0 bridgehead atoms. The number of aryl methyl sites for hydroxylation is 1. The van der Waals surface area contributed by atoms with Crippen molar-refractivity contribution in [3.63, 3.8) is 0 Å². The summed E-state index contributed by atoms with van der Waals surface area (Å²) in [6.07, 6.45) is 5.41. The fourth-order valence-corrected chi connectivity index (χ4v) is 2.45. The Labute approximate surface area is 114 Å². The Bertz CT molecular complexity index is 465. The van der Waals surface area contributed by atoms with E-state index in [2.05, 4.69) is 11.9 Å². The Hall–Kier alpha value is -1.58. The van der Waals surface area contributed by atoms with Crippen molar-refractivity contribution >= 4 is 6.09 Å². The van der Waals surface area contributed by atoms with Crippen molar-refractivity contribution < 1.29 is 9.53 Å². The molecule has 2 heterocycles. The molecule has 0 aromatic carbocycles. The fraction of sp³-hybridized carbons (Fsp3) is 0.600. The van der Waals surface area contributed by atoms with Gasteiger partial charge in [-0.2, -0.15) is 0 Å². The lowest BCUT2D eigenvalue weighted by Gasteiger charge is -2.29. The molecule has 4 heteroatoms. The van der Waals surface area contributed by atoms with Crippen molar-refractivity contribution in [3.8, 4) is 0 Å². The number of carbonyl (C=O) groups excluding carboxylic acids is 1. The van der Waals surface area contributed by atoms with E-state index >= 15 is 0 Å². The van der Waals surface area contributed by atoms with Gasteiger partial charge < -0.3 is 9.64 Å². The van der Waals surface area contributed by atoms with Crippen LogP contribution in [0.2, 0.25) is 0 Å². The molecule has 2 rings (SSSR count). The van der Waals surface area contributed by atoms with Gasteiger partial charge in [0.1, 0.15) is 5.60 Å². The molecule has 1 aromatic heterocycles. The molecule has 4 nitrogen and oxygen atoms in total. The van der Waals surface area contributed by atoms with Gasteiger partial charge in [-0.1, -0.05) is 0 Å². The average molecular weight is 262 g/mol. The molecule has 19 heavy (non-hydrogen) atoms. The van der Waals surface area contributed by atoms with Gasteiger partial charge in [-0.25, -0.2) is 4.79 Å². The van der Waals surface area contributed by atoms with E-state index in [4.69, 9.17) is 4.74 Å². The van der Waals surface area contributed by atoms with Crippen LogP contribution in [0.25, 0.3) is 0 Å². The molecular weight excluding hydrogens is 240 g/mol. The highest BCUT2D eigenvalue weighted by Gasteiger charge is 2.33. The zero-order chi connectivity index (χ0) is 14.0. The summed E-state index contributed by atoms with van der Waals surface area (Å²) in [5.41, 5.74) is 1.86. The SMILES string of the molecule is Cc1ccncc1C1CCCN1C(=O)OC(C)(C)C. The number of aromatic nitrogens is 1. The van der Waals surface area contributed by atoms with Gasteiger partial charge >= 0.3 is 6.09 Å². The lowest BCUT2D eigenvalue weighted by molar-refractivity contribution is 0.0224. The summed E-state index contributed by atoms with van der Waals surface area (Å²) in [6.45, 7) is 8.50. The first-order valence-corrected chi connectivity index (χ1v) is 6.78. The molecule has 1 fully saturated rings. The summed E-state index contributed by atoms with van der Waals surface area (Å²) in [5, 5.41) is 0. The van der Waals surface area contributed by atoms with Crippen molar-refractivity contribution in [1.29, 1.82) is 0 Å². The van der Waals surface area contributed by atoms with Crippen LogP contribution in [0.3, 0.4) is 0 Å². The summed E-state index contributed by atoms with van der Waals surface area (Å²) < 4.78 is 5.48. The molecule has 1 aliphatic heterocycles. The second kappa shape index (κ2) is 5.19. The molecule has 1 unspecified atom stereocenters. The van der Waals surface area contributed by atoms with Crippen LogP contribution in [0.4, 0.5) is 4.79 Å². The maximum absolute atomic E-state index is 12.2. The molecule has 0 saturated carbocycles. The highest BCUT2D eigenvalue weighted by Crippen LogP contribution is 2.34. The lowest BCUT2D eigenvalue weighted by atomic mass is 10.0. The van der Waals surface area contributed by atoms with Crippen LogP contribution in [0.5, 0.6) is 0 Å². The summed E-state index contributed by atoms with van der Waals surface area (Å²) in [6, 6.07) is 2.09.